The van der Waals surface area contributed by atoms with E-state index in [1.807, 2.05) is 13.8 Å². The van der Waals surface area contributed by atoms with Gasteiger partial charge >= 0.3 is 5.97 Å². The molecule has 4 rings (SSSR count). The third-order valence-corrected chi connectivity index (χ3v) is 6.46. The molecule has 1 atom stereocenters. The molecule has 188 valence electrons. The quantitative estimate of drug-likeness (QED) is 0.327. The molecule has 1 unspecified atom stereocenters. The SMILES string of the molecule is COC(=O)C1=C(N)OC2=C(C(=O)CC(C)(C)C2)C1c1ccc(OCc2cccc([N+](=O)[O-])c2)c(Cl)c1. The Kier molecular flexibility index (Phi) is 6.77. The first-order valence-electron chi connectivity index (χ1n) is 11.2. The first-order valence-corrected chi connectivity index (χ1v) is 11.6. The van der Waals surface area contributed by atoms with Crippen LogP contribution in [0.4, 0.5) is 5.69 Å². The lowest BCUT2D eigenvalue weighted by Crippen LogP contribution is -2.35. The van der Waals surface area contributed by atoms with Gasteiger partial charge in [-0.2, -0.15) is 0 Å². The fraction of sp³-hybridized carbons (Fsp3) is 0.308. The van der Waals surface area contributed by atoms with Crippen molar-refractivity contribution in [1.29, 1.82) is 0 Å². The summed E-state index contributed by atoms with van der Waals surface area (Å²) in [4.78, 5) is 36.4. The van der Waals surface area contributed by atoms with Gasteiger partial charge in [0, 0.05) is 30.5 Å². The largest absolute Gasteiger partial charge is 0.487 e. The number of nitrogens with two attached hydrogens (primary N) is 1. The highest BCUT2D eigenvalue weighted by Gasteiger charge is 2.45. The molecular formula is C26H25ClN2O7. The summed E-state index contributed by atoms with van der Waals surface area (Å²) in [6, 6.07) is 11.0. The number of hydrogen-bond donors (Lipinski definition) is 1. The smallest absolute Gasteiger partial charge is 0.340 e. The molecule has 1 aliphatic carbocycles. The van der Waals surface area contributed by atoms with Gasteiger partial charge in [-0.15, -0.1) is 0 Å². The average molecular weight is 513 g/mol. The first-order chi connectivity index (χ1) is 17.0. The summed E-state index contributed by atoms with van der Waals surface area (Å²) in [6.07, 6.45) is 0.774. The minimum Gasteiger partial charge on any atom is -0.487 e. The summed E-state index contributed by atoms with van der Waals surface area (Å²) in [5, 5.41) is 11.2. The third kappa shape index (κ3) is 4.92. The zero-order valence-corrected chi connectivity index (χ0v) is 20.8. The number of rotatable bonds is 6. The van der Waals surface area contributed by atoms with E-state index in [0.29, 0.717) is 34.6 Å². The first kappa shape index (κ1) is 25.2. The zero-order valence-electron chi connectivity index (χ0n) is 20.0. The Morgan fingerprint density at radius 1 is 1.25 bits per heavy atom. The third-order valence-electron chi connectivity index (χ3n) is 6.17. The van der Waals surface area contributed by atoms with Crippen molar-refractivity contribution >= 4 is 29.0 Å². The fourth-order valence-electron chi connectivity index (χ4n) is 4.56. The van der Waals surface area contributed by atoms with Crippen molar-refractivity contribution in [2.75, 3.05) is 7.11 Å². The molecule has 2 aliphatic rings. The van der Waals surface area contributed by atoms with Crippen LogP contribution in [-0.4, -0.2) is 23.8 Å². The van der Waals surface area contributed by atoms with Crippen molar-refractivity contribution in [3.63, 3.8) is 0 Å². The molecule has 9 nitrogen and oxygen atoms in total. The Labute approximate surface area is 212 Å². The Balaban J connectivity index is 1.68. The molecule has 0 aromatic heterocycles. The van der Waals surface area contributed by atoms with E-state index in [4.69, 9.17) is 31.5 Å². The monoisotopic (exact) mass is 512 g/mol. The molecule has 2 aromatic carbocycles. The number of methoxy groups -OCH3 is 1. The van der Waals surface area contributed by atoms with Gasteiger partial charge in [-0.3, -0.25) is 14.9 Å². The molecule has 0 spiro atoms. The number of carbonyl (C=O) groups is 2. The van der Waals surface area contributed by atoms with Crippen LogP contribution in [0, 0.1) is 15.5 Å². The second-order valence-corrected chi connectivity index (χ2v) is 9.90. The highest BCUT2D eigenvalue weighted by molar-refractivity contribution is 6.32. The van der Waals surface area contributed by atoms with Crippen molar-refractivity contribution in [2.45, 2.75) is 39.2 Å². The van der Waals surface area contributed by atoms with Gasteiger partial charge in [-0.1, -0.05) is 43.6 Å². The second-order valence-electron chi connectivity index (χ2n) is 9.49. The molecule has 0 saturated carbocycles. The summed E-state index contributed by atoms with van der Waals surface area (Å²) in [5.74, 6) is -0.994. The number of nitro groups is 1. The van der Waals surface area contributed by atoms with Gasteiger partial charge in [0.25, 0.3) is 5.69 Å². The van der Waals surface area contributed by atoms with E-state index in [0.717, 1.165) is 0 Å². The standard InChI is InChI=1S/C26H25ClN2O7/c1-26(2)11-18(30)22-20(12-26)36-24(28)23(25(31)34-3)21(22)15-7-8-19(17(27)10-15)35-13-14-5-4-6-16(9-14)29(32)33/h4-10,21H,11-13,28H2,1-3H3. The minimum atomic E-state index is -0.812. The summed E-state index contributed by atoms with van der Waals surface area (Å²) in [5.41, 5.74) is 7.34. The maximum Gasteiger partial charge on any atom is 0.340 e. The van der Waals surface area contributed by atoms with Gasteiger partial charge in [0.05, 0.1) is 23.0 Å². The van der Waals surface area contributed by atoms with Crippen molar-refractivity contribution in [2.24, 2.45) is 11.1 Å². The number of carbonyl (C=O) groups excluding carboxylic acids is 2. The van der Waals surface area contributed by atoms with Gasteiger partial charge in [0.15, 0.2) is 5.78 Å². The topological polar surface area (TPSA) is 131 Å². The van der Waals surface area contributed by atoms with E-state index in [1.165, 1.54) is 19.2 Å². The summed E-state index contributed by atoms with van der Waals surface area (Å²) in [7, 11) is 1.23. The Morgan fingerprint density at radius 3 is 2.67 bits per heavy atom. The molecule has 1 heterocycles. The average Bonchev–Trinajstić information content (AvgIpc) is 2.81. The zero-order chi connectivity index (χ0) is 26.2. The number of non-ortho nitro benzene ring substituents is 1. The number of nitrogens with zero attached hydrogens (tertiary/aromatic N) is 1. The highest BCUT2D eigenvalue weighted by Crippen LogP contribution is 2.49. The number of halogens is 1. The molecule has 10 heteroatoms. The maximum absolute atomic E-state index is 13.2. The van der Waals surface area contributed by atoms with Crippen LogP contribution in [0.1, 0.15) is 43.7 Å². The van der Waals surface area contributed by atoms with Crippen LogP contribution in [0.5, 0.6) is 5.75 Å². The number of ether oxygens (including phenoxy) is 3. The van der Waals surface area contributed by atoms with E-state index in [9.17, 15) is 19.7 Å². The second kappa shape index (κ2) is 9.66. The predicted octanol–water partition coefficient (Wildman–Crippen LogP) is 4.93. The molecule has 1 aliphatic heterocycles. The van der Waals surface area contributed by atoms with Crippen LogP contribution in [0.15, 0.2) is 65.3 Å². The molecule has 2 aromatic rings. The number of esters is 1. The van der Waals surface area contributed by atoms with Crippen LogP contribution >= 0.6 is 11.6 Å². The van der Waals surface area contributed by atoms with E-state index >= 15 is 0 Å². The molecule has 0 radical (unpaired) electrons. The maximum atomic E-state index is 13.2. The Bertz CT molecular complexity index is 1330. The molecule has 0 fully saturated rings. The molecule has 2 N–H and O–H groups in total. The molecule has 0 bridgehead atoms. The van der Waals surface area contributed by atoms with Crippen molar-refractivity contribution in [3.8, 4) is 5.75 Å². The minimum absolute atomic E-state index is 0.0330. The van der Waals surface area contributed by atoms with Crippen LogP contribution in [0.3, 0.4) is 0 Å². The number of Topliss-reactive ketones (excluding diaryl/α,β-unsaturated/α-hetero) is 1. The number of ketones is 1. The lowest BCUT2D eigenvalue weighted by atomic mass is 9.70. The van der Waals surface area contributed by atoms with E-state index in [-0.39, 0.29) is 46.4 Å². The number of hydrogen-bond acceptors (Lipinski definition) is 8. The van der Waals surface area contributed by atoms with E-state index < -0.39 is 16.8 Å². The molecular weight excluding hydrogens is 488 g/mol. The van der Waals surface area contributed by atoms with Gasteiger partial charge in [0.2, 0.25) is 5.88 Å². The van der Waals surface area contributed by atoms with E-state index in [2.05, 4.69) is 0 Å². The fourth-order valence-corrected chi connectivity index (χ4v) is 4.80. The van der Waals surface area contributed by atoms with Crippen LogP contribution < -0.4 is 10.5 Å². The van der Waals surface area contributed by atoms with Crippen LogP contribution in [-0.2, 0) is 25.7 Å². The van der Waals surface area contributed by atoms with Gasteiger partial charge in [-0.25, -0.2) is 4.79 Å². The van der Waals surface area contributed by atoms with Gasteiger partial charge < -0.3 is 19.9 Å². The summed E-state index contributed by atoms with van der Waals surface area (Å²) < 4.78 is 16.5. The Hall–Kier alpha value is -3.85. The van der Waals surface area contributed by atoms with Gasteiger partial charge in [-0.05, 0) is 28.7 Å². The summed E-state index contributed by atoms with van der Waals surface area (Å²) in [6.45, 7) is 3.99. The van der Waals surface area contributed by atoms with Crippen molar-refractivity contribution in [1.82, 2.24) is 0 Å². The van der Waals surface area contributed by atoms with Crippen molar-refractivity contribution < 1.29 is 28.7 Å². The van der Waals surface area contributed by atoms with Crippen molar-refractivity contribution in [3.05, 3.63) is 91.5 Å². The molecule has 36 heavy (non-hydrogen) atoms. The van der Waals surface area contributed by atoms with E-state index in [1.54, 1.807) is 30.3 Å². The predicted molar refractivity (Wildman–Crippen MR) is 131 cm³/mol. The lowest BCUT2D eigenvalue weighted by Gasteiger charge is -2.37. The number of nitro benzene ring substituents is 1. The Morgan fingerprint density at radius 2 is 2.00 bits per heavy atom. The number of allylic oxidation sites excluding steroid dienone is 2. The number of benzene rings is 2. The van der Waals surface area contributed by atoms with Gasteiger partial charge in [0.1, 0.15) is 23.7 Å². The lowest BCUT2D eigenvalue weighted by molar-refractivity contribution is -0.384. The van der Waals surface area contributed by atoms with Crippen LogP contribution in [0.25, 0.3) is 0 Å². The van der Waals surface area contributed by atoms with Crippen LogP contribution in [0.2, 0.25) is 5.02 Å². The normalized spacial score (nSPS) is 18.9. The summed E-state index contributed by atoms with van der Waals surface area (Å²) >= 11 is 6.52. The molecule has 0 amide bonds. The molecule has 0 saturated heterocycles. The highest BCUT2D eigenvalue weighted by atomic mass is 35.5.